The van der Waals surface area contributed by atoms with Crippen LogP contribution in [0.4, 0.5) is 0 Å². The summed E-state index contributed by atoms with van der Waals surface area (Å²) >= 11 is 0. The molecule has 1 N–H and O–H groups in total. The lowest BCUT2D eigenvalue weighted by atomic mass is 10.1. The highest BCUT2D eigenvalue weighted by molar-refractivity contribution is 5.13. The van der Waals surface area contributed by atoms with Crippen molar-refractivity contribution in [1.29, 1.82) is 0 Å². The highest BCUT2D eigenvalue weighted by atomic mass is 16.5. The van der Waals surface area contributed by atoms with Crippen molar-refractivity contribution < 1.29 is 9.84 Å². The summed E-state index contributed by atoms with van der Waals surface area (Å²) in [5, 5.41) is 8.74. The molecular formula is C14H20O2. The summed E-state index contributed by atoms with van der Waals surface area (Å²) in [5.41, 5.74) is 1.17. The Morgan fingerprint density at radius 2 is 1.94 bits per heavy atom. The first-order valence-corrected chi connectivity index (χ1v) is 5.67. The maximum Gasteiger partial charge on any atom is 0.0784 e. The summed E-state index contributed by atoms with van der Waals surface area (Å²) in [6, 6.07) is 10.1. The van der Waals surface area contributed by atoms with Crippen LogP contribution in [0.2, 0.25) is 0 Å². The Bertz CT molecular complexity index is 304. The molecule has 0 saturated heterocycles. The number of hydrogen-bond donors (Lipinski definition) is 1. The number of rotatable bonds is 6. The van der Waals surface area contributed by atoms with Gasteiger partial charge in [0, 0.05) is 0 Å². The quantitative estimate of drug-likeness (QED) is 0.747. The summed E-state index contributed by atoms with van der Waals surface area (Å²) in [4.78, 5) is 0. The van der Waals surface area contributed by atoms with E-state index in [0.717, 1.165) is 0 Å². The topological polar surface area (TPSA) is 29.5 Å². The van der Waals surface area contributed by atoms with Crippen molar-refractivity contribution in [3.8, 4) is 0 Å². The zero-order valence-electron chi connectivity index (χ0n) is 9.97. The normalized spacial score (nSPS) is 13.5. The zero-order valence-corrected chi connectivity index (χ0v) is 9.97. The van der Waals surface area contributed by atoms with E-state index >= 15 is 0 Å². The standard InChI is InChI=1S/C14H20O2/c1-12(2)14(9-6-10-15)16-11-13-7-4-3-5-8-13/h3-9,12,14-15H,10-11H2,1-2H3/b9-6+. The first kappa shape index (κ1) is 12.9. The minimum Gasteiger partial charge on any atom is -0.392 e. The van der Waals surface area contributed by atoms with Gasteiger partial charge in [0.05, 0.1) is 19.3 Å². The molecule has 0 aliphatic carbocycles. The molecule has 0 bridgehead atoms. The van der Waals surface area contributed by atoms with Crippen LogP contribution in [0.25, 0.3) is 0 Å². The van der Waals surface area contributed by atoms with E-state index in [4.69, 9.17) is 9.84 Å². The molecule has 0 heterocycles. The fraction of sp³-hybridized carbons (Fsp3) is 0.429. The summed E-state index contributed by atoms with van der Waals surface area (Å²) in [7, 11) is 0. The molecule has 1 atom stereocenters. The van der Waals surface area contributed by atoms with E-state index in [2.05, 4.69) is 13.8 Å². The maximum absolute atomic E-state index is 8.74. The van der Waals surface area contributed by atoms with Crippen molar-refractivity contribution in [2.45, 2.75) is 26.6 Å². The van der Waals surface area contributed by atoms with Crippen molar-refractivity contribution in [3.63, 3.8) is 0 Å². The molecule has 16 heavy (non-hydrogen) atoms. The van der Waals surface area contributed by atoms with Crippen molar-refractivity contribution in [1.82, 2.24) is 0 Å². The van der Waals surface area contributed by atoms with E-state index in [1.807, 2.05) is 36.4 Å². The third-order valence-corrected chi connectivity index (χ3v) is 2.37. The van der Waals surface area contributed by atoms with E-state index < -0.39 is 0 Å². The predicted molar refractivity (Wildman–Crippen MR) is 66.1 cm³/mol. The molecule has 0 aliphatic rings. The molecule has 1 aromatic rings. The number of hydrogen-bond acceptors (Lipinski definition) is 2. The lowest BCUT2D eigenvalue weighted by Crippen LogP contribution is -2.17. The molecule has 0 saturated carbocycles. The van der Waals surface area contributed by atoms with Gasteiger partial charge in [0.15, 0.2) is 0 Å². The molecule has 2 heteroatoms. The van der Waals surface area contributed by atoms with Gasteiger partial charge in [-0.2, -0.15) is 0 Å². The Morgan fingerprint density at radius 1 is 1.25 bits per heavy atom. The van der Waals surface area contributed by atoms with Gasteiger partial charge in [-0.25, -0.2) is 0 Å². The number of benzene rings is 1. The van der Waals surface area contributed by atoms with Gasteiger partial charge in [-0.1, -0.05) is 56.3 Å². The average molecular weight is 220 g/mol. The summed E-state index contributed by atoms with van der Waals surface area (Å²) in [5.74, 6) is 0.409. The average Bonchev–Trinajstić information content (AvgIpc) is 2.30. The lowest BCUT2D eigenvalue weighted by Gasteiger charge is -2.18. The predicted octanol–water partition coefficient (Wildman–Crippen LogP) is 2.78. The molecule has 0 aliphatic heterocycles. The monoisotopic (exact) mass is 220 g/mol. The first-order valence-electron chi connectivity index (χ1n) is 5.67. The van der Waals surface area contributed by atoms with Crippen molar-refractivity contribution >= 4 is 0 Å². The van der Waals surface area contributed by atoms with Crippen LogP contribution >= 0.6 is 0 Å². The smallest absolute Gasteiger partial charge is 0.0784 e. The molecule has 1 aromatic carbocycles. The van der Waals surface area contributed by atoms with Crippen LogP contribution < -0.4 is 0 Å². The molecular weight excluding hydrogens is 200 g/mol. The highest BCUT2D eigenvalue weighted by Gasteiger charge is 2.09. The SMILES string of the molecule is CC(C)C(/C=C/CO)OCc1ccccc1. The molecule has 0 aromatic heterocycles. The van der Waals surface area contributed by atoms with Gasteiger partial charge >= 0.3 is 0 Å². The Morgan fingerprint density at radius 3 is 2.50 bits per heavy atom. The summed E-state index contributed by atoms with van der Waals surface area (Å²) in [6.45, 7) is 4.89. The van der Waals surface area contributed by atoms with Crippen molar-refractivity contribution in [2.24, 2.45) is 5.92 Å². The van der Waals surface area contributed by atoms with Gasteiger partial charge in [-0.05, 0) is 11.5 Å². The molecule has 0 spiro atoms. The van der Waals surface area contributed by atoms with Crippen LogP contribution in [-0.2, 0) is 11.3 Å². The van der Waals surface area contributed by atoms with Gasteiger partial charge in [0.25, 0.3) is 0 Å². The van der Waals surface area contributed by atoms with Crippen LogP contribution in [-0.4, -0.2) is 17.8 Å². The van der Waals surface area contributed by atoms with E-state index in [9.17, 15) is 0 Å². The second-order valence-electron chi connectivity index (χ2n) is 4.12. The van der Waals surface area contributed by atoms with E-state index in [1.54, 1.807) is 6.08 Å². The van der Waals surface area contributed by atoms with E-state index in [-0.39, 0.29) is 12.7 Å². The van der Waals surface area contributed by atoms with E-state index in [0.29, 0.717) is 12.5 Å². The Balaban J connectivity index is 2.47. The molecule has 2 nitrogen and oxygen atoms in total. The van der Waals surface area contributed by atoms with Crippen molar-refractivity contribution in [3.05, 3.63) is 48.0 Å². The lowest BCUT2D eigenvalue weighted by molar-refractivity contribution is 0.0425. The fourth-order valence-electron chi connectivity index (χ4n) is 1.43. The molecule has 1 unspecified atom stereocenters. The third-order valence-electron chi connectivity index (χ3n) is 2.37. The Labute approximate surface area is 97.6 Å². The van der Waals surface area contributed by atoms with Crippen LogP contribution in [0.1, 0.15) is 19.4 Å². The summed E-state index contributed by atoms with van der Waals surface area (Å²) in [6.07, 6.45) is 3.72. The Kier molecular flexibility index (Phi) is 5.83. The van der Waals surface area contributed by atoms with Crippen LogP contribution in [0.3, 0.4) is 0 Å². The largest absolute Gasteiger partial charge is 0.392 e. The number of aliphatic hydroxyl groups is 1. The molecule has 1 rings (SSSR count). The van der Waals surface area contributed by atoms with Crippen LogP contribution in [0.5, 0.6) is 0 Å². The number of ether oxygens (including phenoxy) is 1. The Hall–Kier alpha value is -1.12. The highest BCUT2D eigenvalue weighted by Crippen LogP contribution is 2.11. The molecule has 88 valence electrons. The molecule has 0 amide bonds. The molecule has 0 radical (unpaired) electrons. The van der Waals surface area contributed by atoms with Gasteiger partial charge in [-0.15, -0.1) is 0 Å². The fourth-order valence-corrected chi connectivity index (χ4v) is 1.43. The van der Waals surface area contributed by atoms with Gasteiger partial charge in [-0.3, -0.25) is 0 Å². The summed E-state index contributed by atoms with van der Waals surface area (Å²) < 4.78 is 5.79. The zero-order chi connectivity index (χ0) is 11.8. The maximum atomic E-state index is 8.74. The second kappa shape index (κ2) is 7.20. The number of aliphatic hydroxyl groups excluding tert-OH is 1. The minimum absolute atomic E-state index is 0.0624. The van der Waals surface area contributed by atoms with Crippen LogP contribution in [0, 0.1) is 5.92 Å². The van der Waals surface area contributed by atoms with Gasteiger partial charge in [0.1, 0.15) is 0 Å². The third kappa shape index (κ3) is 4.60. The van der Waals surface area contributed by atoms with Crippen LogP contribution in [0.15, 0.2) is 42.5 Å². The van der Waals surface area contributed by atoms with Crippen molar-refractivity contribution in [2.75, 3.05) is 6.61 Å². The second-order valence-corrected chi connectivity index (χ2v) is 4.12. The first-order chi connectivity index (χ1) is 7.74. The van der Waals surface area contributed by atoms with Gasteiger partial charge < -0.3 is 9.84 Å². The minimum atomic E-state index is 0.0624. The molecule has 0 fully saturated rings. The van der Waals surface area contributed by atoms with E-state index in [1.165, 1.54) is 5.56 Å². The van der Waals surface area contributed by atoms with Gasteiger partial charge in [0.2, 0.25) is 0 Å².